The highest BCUT2D eigenvalue weighted by Gasteiger charge is 2.08. The number of nitrogens with one attached hydrogen (secondary N) is 2. The number of rotatable bonds is 9. The Morgan fingerprint density at radius 3 is 2.87 bits per heavy atom. The van der Waals surface area contributed by atoms with Gasteiger partial charge in [0.1, 0.15) is 0 Å². The smallest absolute Gasteiger partial charge is 0.188 e. The highest BCUT2D eigenvalue weighted by molar-refractivity contribution is 5.77. The van der Waals surface area contributed by atoms with Crippen molar-refractivity contribution in [3.05, 3.63) is 54.1 Å². The van der Waals surface area contributed by atoms with Crippen molar-refractivity contribution in [3.63, 3.8) is 0 Å². The van der Waals surface area contributed by atoms with Crippen LogP contribution in [0.3, 0.4) is 0 Å². The number of H-pyrrole nitrogens is 1. The van der Waals surface area contributed by atoms with Gasteiger partial charge in [-0.25, -0.2) is 4.98 Å². The Balaban J connectivity index is 1.65. The molecule has 1 heterocycles. The Morgan fingerprint density at radius 1 is 1.35 bits per heavy atom. The number of aromatic nitrogens is 2. The van der Waals surface area contributed by atoms with Crippen LogP contribution in [0.2, 0.25) is 0 Å². The van der Waals surface area contributed by atoms with E-state index in [1.807, 2.05) is 6.20 Å². The van der Waals surface area contributed by atoms with Crippen molar-refractivity contribution in [2.45, 2.75) is 38.5 Å². The Bertz CT molecular complexity index is 562. The molecule has 0 saturated heterocycles. The SMILES string of the molecule is CCC(CCNC(N)=NCCCc1cnc[nH]1)c1ccccc1. The lowest BCUT2D eigenvalue weighted by molar-refractivity contribution is 0.595. The fourth-order valence-electron chi connectivity index (χ4n) is 2.65. The predicted molar refractivity (Wildman–Crippen MR) is 95.5 cm³/mol. The second-order valence-corrected chi connectivity index (χ2v) is 5.68. The summed E-state index contributed by atoms with van der Waals surface area (Å²) >= 11 is 0. The van der Waals surface area contributed by atoms with Crippen LogP contribution in [0, 0.1) is 0 Å². The van der Waals surface area contributed by atoms with Gasteiger partial charge >= 0.3 is 0 Å². The van der Waals surface area contributed by atoms with Crippen LogP contribution in [0.25, 0.3) is 0 Å². The van der Waals surface area contributed by atoms with Gasteiger partial charge in [0.15, 0.2) is 5.96 Å². The number of aliphatic imine (C=N–C) groups is 1. The quantitative estimate of drug-likeness (QED) is 0.378. The third-order valence-electron chi connectivity index (χ3n) is 4.00. The molecular formula is C18H27N5. The van der Waals surface area contributed by atoms with E-state index in [0.717, 1.165) is 44.5 Å². The number of nitrogens with zero attached hydrogens (tertiary/aromatic N) is 2. The van der Waals surface area contributed by atoms with Crippen molar-refractivity contribution in [1.29, 1.82) is 0 Å². The van der Waals surface area contributed by atoms with Gasteiger partial charge < -0.3 is 16.0 Å². The summed E-state index contributed by atoms with van der Waals surface area (Å²) in [6.07, 6.45) is 7.65. The van der Waals surface area contributed by atoms with Crippen LogP contribution >= 0.6 is 0 Å². The lowest BCUT2D eigenvalue weighted by atomic mass is 9.93. The summed E-state index contributed by atoms with van der Waals surface area (Å²) in [5, 5.41) is 3.22. The molecule has 4 N–H and O–H groups in total. The zero-order valence-corrected chi connectivity index (χ0v) is 13.8. The summed E-state index contributed by atoms with van der Waals surface area (Å²) in [4.78, 5) is 11.5. The van der Waals surface area contributed by atoms with E-state index in [4.69, 9.17) is 5.73 Å². The van der Waals surface area contributed by atoms with Gasteiger partial charge in [0.05, 0.1) is 6.33 Å². The van der Waals surface area contributed by atoms with Gasteiger partial charge in [0.2, 0.25) is 0 Å². The maximum atomic E-state index is 5.92. The molecule has 5 nitrogen and oxygen atoms in total. The highest BCUT2D eigenvalue weighted by atomic mass is 15.1. The van der Waals surface area contributed by atoms with E-state index in [2.05, 4.69) is 57.5 Å². The minimum atomic E-state index is 0.539. The van der Waals surface area contributed by atoms with E-state index in [1.54, 1.807) is 6.33 Å². The first-order chi connectivity index (χ1) is 11.3. The van der Waals surface area contributed by atoms with E-state index in [0.29, 0.717) is 11.9 Å². The molecule has 124 valence electrons. The molecule has 1 atom stereocenters. The van der Waals surface area contributed by atoms with E-state index >= 15 is 0 Å². The van der Waals surface area contributed by atoms with Gasteiger partial charge in [-0.2, -0.15) is 0 Å². The number of imidazole rings is 1. The first-order valence-corrected chi connectivity index (χ1v) is 8.35. The molecule has 0 radical (unpaired) electrons. The zero-order valence-electron chi connectivity index (χ0n) is 13.8. The normalized spacial score (nSPS) is 13.0. The maximum absolute atomic E-state index is 5.92. The fourth-order valence-corrected chi connectivity index (χ4v) is 2.65. The summed E-state index contributed by atoms with van der Waals surface area (Å²) in [6, 6.07) is 10.6. The first kappa shape index (κ1) is 17.1. The molecule has 0 saturated carbocycles. The Hall–Kier alpha value is -2.30. The van der Waals surface area contributed by atoms with Crippen LogP contribution in [0.1, 0.15) is 43.4 Å². The minimum Gasteiger partial charge on any atom is -0.370 e. The number of benzene rings is 1. The topological polar surface area (TPSA) is 79.1 Å². The fraction of sp³-hybridized carbons (Fsp3) is 0.444. The third-order valence-corrected chi connectivity index (χ3v) is 4.00. The second-order valence-electron chi connectivity index (χ2n) is 5.68. The monoisotopic (exact) mass is 313 g/mol. The van der Waals surface area contributed by atoms with Crippen molar-refractivity contribution in [3.8, 4) is 0 Å². The third kappa shape index (κ3) is 6.14. The largest absolute Gasteiger partial charge is 0.370 e. The maximum Gasteiger partial charge on any atom is 0.188 e. The molecule has 1 aromatic heterocycles. The Labute approximate surface area is 138 Å². The van der Waals surface area contributed by atoms with Gasteiger partial charge in [0.25, 0.3) is 0 Å². The van der Waals surface area contributed by atoms with Crippen molar-refractivity contribution in [2.75, 3.05) is 13.1 Å². The van der Waals surface area contributed by atoms with E-state index in [1.165, 1.54) is 5.56 Å². The van der Waals surface area contributed by atoms with Gasteiger partial charge in [-0.15, -0.1) is 0 Å². The second kappa shape index (κ2) is 9.66. The number of guanidine groups is 1. The summed E-state index contributed by atoms with van der Waals surface area (Å²) in [7, 11) is 0. The van der Waals surface area contributed by atoms with Crippen molar-refractivity contribution < 1.29 is 0 Å². The van der Waals surface area contributed by atoms with E-state index in [9.17, 15) is 0 Å². The van der Waals surface area contributed by atoms with Crippen molar-refractivity contribution >= 4 is 5.96 Å². The lowest BCUT2D eigenvalue weighted by Gasteiger charge is -2.15. The highest BCUT2D eigenvalue weighted by Crippen LogP contribution is 2.22. The standard InChI is InChI=1S/C18H27N5/c1-2-15(16-7-4-3-5-8-16)10-12-22-18(19)21-11-6-9-17-13-20-14-23-17/h3-5,7-8,13-15H,2,6,9-12H2,1H3,(H,20,23)(H3,19,21,22). The Kier molecular flexibility index (Phi) is 7.17. The number of nitrogens with two attached hydrogens (primary N) is 1. The molecule has 1 aromatic carbocycles. The number of hydrogen-bond donors (Lipinski definition) is 3. The summed E-state index contributed by atoms with van der Waals surface area (Å²) in [5.74, 6) is 1.11. The molecule has 2 aromatic rings. The average Bonchev–Trinajstić information content (AvgIpc) is 3.10. The summed E-state index contributed by atoms with van der Waals surface area (Å²) in [5.41, 5.74) is 8.45. The van der Waals surface area contributed by atoms with Crippen LogP contribution < -0.4 is 11.1 Å². The van der Waals surface area contributed by atoms with Gasteiger partial charge in [0, 0.05) is 25.0 Å². The lowest BCUT2D eigenvalue weighted by Crippen LogP contribution is -2.33. The molecule has 0 aliphatic heterocycles. The zero-order chi connectivity index (χ0) is 16.3. The van der Waals surface area contributed by atoms with Crippen molar-refractivity contribution in [2.24, 2.45) is 10.7 Å². The molecule has 5 heteroatoms. The molecule has 1 unspecified atom stereocenters. The van der Waals surface area contributed by atoms with Crippen LogP contribution in [0.5, 0.6) is 0 Å². The number of hydrogen-bond acceptors (Lipinski definition) is 2. The molecule has 0 aliphatic rings. The molecular weight excluding hydrogens is 286 g/mol. The average molecular weight is 313 g/mol. The molecule has 0 bridgehead atoms. The van der Waals surface area contributed by atoms with Gasteiger partial charge in [-0.1, -0.05) is 37.3 Å². The molecule has 0 spiro atoms. The molecule has 2 rings (SSSR count). The van der Waals surface area contributed by atoms with Crippen LogP contribution in [-0.2, 0) is 6.42 Å². The van der Waals surface area contributed by atoms with Gasteiger partial charge in [-0.05, 0) is 37.2 Å². The van der Waals surface area contributed by atoms with Crippen LogP contribution in [-0.4, -0.2) is 29.0 Å². The Morgan fingerprint density at radius 2 is 2.17 bits per heavy atom. The van der Waals surface area contributed by atoms with E-state index in [-0.39, 0.29) is 0 Å². The molecule has 0 amide bonds. The summed E-state index contributed by atoms with van der Waals surface area (Å²) in [6.45, 7) is 3.81. The molecule has 0 aliphatic carbocycles. The number of aryl methyl sites for hydroxylation is 1. The number of aromatic amines is 1. The summed E-state index contributed by atoms with van der Waals surface area (Å²) < 4.78 is 0. The minimum absolute atomic E-state index is 0.539. The predicted octanol–water partition coefficient (Wildman–Crippen LogP) is 2.83. The van der Waals surface area contributed by atoms with Crippen LogP contribution in [0.4, 0.5) is 0 Å². The van der Waals surface area contributed by atoms with Crippen LogP contribution in [0.15, 0.2) is 47.8 Å². The molecule has 0 fully saturated rings. The van der Waals surface area contributed by atoms with E-state index < -0.39 is 0 Å². The van der Waals surface area contributed by atoms with Crippen molar-refractivity contribution in [1.82, 2.24) is 15.3 Å². The first-order valence-electron chi connectivity index (χ1n) is 8.35. The van der Waals surface area contributed by atoms with Gasteiger partial charge in [-0.3, -0.25) is 4.99 Å². The molecule has 23 heavy (non-hydrogen) atoms.